The summed E-state index contributed by atoms with van der Waals surface area (Å²) in [6.07, 6.45) is -4.89. The number of ether oxygens (including phenoxy) is 1. The molecule has 0 radical (unpaired) electrons. The Bertz CT molecular complexity index is 1190. The van der Waals surface area contributed by atoms with Gasteiger partial charge in [0.2, 0.25) is 0 Å². The molecule has 0 bridgehead atoms. The first-order valence-electron chi connectivity index (χ1n) is 10.5. The Morgan fingerprint density at radius 1 is 0.943 bits per heavy atom. The first-order chi connectivity index (χ1) is 16.5. The molecular weight excluding hydrogens is 483 g/mol. The van der Waals surface area contributed by atoms with Crippen LogP contribution in [-0.4, -0.2) is 43.8 Å². The SMILES string of the molecule is CN(C)CN(C(=O)c1cccc(CNC(=O)c2ccc(OC(F)(F)F)c(Cl)c2)c1)c1ccccc1. The van der Waals surface area contributed by atoms with E-state index in [0.29, 0.717) is 17.8 Å². The Balaban J connectivity index is 1.71. The molecule has 0 aliphatic carbocycles. The Morgan fingerprint density at radius 3 is 2.29 bits per heavy atom. The van der Waals surface area contributed by atoms with Gasteiger partial charge >= 0.3 is 6.36 Å². The third-order valence-corrected chi connectivity index (χ3v) is 5.08. The molecule has 0 heterocycles. The van der Waals surface area contributed by atoms with Gasteiger partial charge in [0.15, 0.2) is 0 Å². The number of hydrogen-bond acceptors (Lipinski definition) is 4. The number of carbonyl (C=O) groups excluding carboxylic acids is 2. The number of carbonyl (C=O) groups is 2. The highest BCUT2D eigenvalue weighted by atomic mass is 35.5. The second-order valence-corrected chi connectivity index (χ2v) is 8.27. The summed E-state index contributed by atoms with van der Waals surface area (Å²) >= 11 is 5.82. The van der Waals surface area contributed by atoms with E-state index in [0.717, 1.165) is 17.8 Å². The van der Waals surface area contributed by atoms with E-state index in [2.05, 4.69) is 10.1 Å². The number of hydrogen-bond donors (Lipinski definition) is 1. The largest absolute Gasteiger partial charge is 0.573 e. The van der Waals surface area contributed by atoms with Crippen molar-refractivity contribution < 1.29 is 27.5 Å². The standard InChI is InChI=1S/C25H23ClF3N3O3/c1-31(2)16-32(20-9-4-3-5-10-20)24(34)19-8-6-7-17(13-19)15-30-23(33)18-11-12-22(21(26)14-18)35-25(27,28)29/h3-14H,15-16H2,1-2H3,(H,30,33). The summed E-state index contributed by atoms with van der Waals surface area (Å²) in [6, 6.07) is 19.4. The van der Waals surface area contributed by atoms with Crippen LogP contribution in [0.4, 0.5) is 18.9 Å². The van der Waals surface area contributed by atoms with Crippen molar-refractivity contribution in [2.24, 2.45) is 0 Å². The average Bonchev–Trinajstić information content (AvgIpc) is 2.81. The first-order valence-corrected chi connectivity index (χ1v) is 10.9. The average molecular weight is 506 g/mol. The van der Waals surface area contributed by atoms with Crippen LogP contribution in [0.5, 0.6) is 5.75 Å². The molecule has 0 atom stereocenters. The van der Waals surface area contributed by atoms with Gasteiger partial charge in [-0.1, -0.05) is 41.9 Å². The fourth-order valence-corrected chi connectivity index (χ4v) is 3.48. The summed E-state index contributed by atoms with van der Waals surface area (Å²) in [6.45, 7) is 0.468. The minimum Gasteiger partial charge on any atom is -0.404 e. The molecular formula is C25H23ClF3N3O3. The van der Waals surface area contributed by atoms with Gasteiger partial charge in [0, 0.05) is 23.4 Å². The second kappa shape index (κ2) is 11.2. The zero-order valence-electron chi connectivity index (χ0n) is 19.0. The molecule has 0 saturated heterocycles. The highest BCUT2D eigenvalue weighted by Gasteiger charge is 2.32. The van der Waals surface area contributed by atoms with Gasteiger partial charge in [-0.25, -0.2) is 0 Å². The Kier molecular flexibility index (Phi) is 8.37. The summed E-state index contributed by atoms with van der Waals surface area (Å²) in [5.74, 6) is -1.34. The van der Waals surface area contributed by atoms with Crippen molar-refractivity contribution in [3.63, 3.8) is 0 Å². The van der Waals surface area contributed by atoms with E-state index >= 15 is 0 Å². The summed E-state index contributed by atoms with van der Waals surface area (Å²) in [7, 11) is 3.73. The Hall–Kier alpha value is -3.56. The molecule has 0 saturated carbocycles. The van der Waals surface area contributed by atoms with Crippen molar-refractivity contribution in [2.45, 2.75) is 12.9 Å². The van der Waals surface area contributed by atoms with Crippen molar-refractivity contribution >= 4 is 29.1 Å². The topological polar surface area (TPSA) is 61.9 Å². The van der Waals surface area contributed by atoms with Crippen LogP contribution in [-0.2, 0) is 6.54 Å². The number of halogens is 4. The van der Waals surface area contributed by atoms with Crippen molar-refractivity contribution in [3.05, 3.63) is 94.5 Å². The number of benzene rings is 3. The van der Waals surface area contributed by atoms with E-state index in [1.807, 2.05) is 49.3 Å². The highest BCUT2D eigenvalue weighted by Crippen LogP contribution is 2.30. The number of nitrogens with zero attached hydrogens (tertiary/aromatic N) is 2. The predicted molar refractivity (Wildman–Crippen MR) is 128 cm³/mol. The minimum atomic E-state index is -4.89. The van der Waals surface area contributed by atoms with Gasteiger partial charge in [0.05, 0.1) is 11.7 Å². The maximum absolute atomic E-state index is 13.3. The lowest BCUT2D eigenvalue weighted by molar-refractivity contribution is -0.274. The van der Waals surface area contributed by atoms with Crippen molar-refractivity contribution in [1.29, 1.82) is 0 Å². The molecule has 2 amide bonds. The van der Waals surface area contributed by atoms with Crippen molar-refractivity contribution in [3.8, 4) is 5.75 Å². The number of para-hydroxylation sites is 1. The normalized spacial score (nSPS) is 11.3. The van der Waals surface area contributed by atoms with Gasteiger partial charge in [-0.3, -0.25) is 19.4 Å². The van der Waals surface area contributed by atoms with Crippen LogP contribution in [0.2, 0.25) is 5.02 Å². The molecule has 6 nitrogen and oxygen atoms in total. The molecule has 0 unspecified atom stereocenters. The summed E-state index contributed by atoms with van der Waals surface area (Å²) in [4.78, 5) is 29.3. The highest BCUT2D eigenvalue weighted by molar-refractivity contribution is 6.32. The van der Waals surface area contributed by atoms with E-state index in [4.69, 9.17) is 11.6 Å². The second-order valence-electron chi connectivity index (χ2n) is 7.87. The van der Waals surface area contributed by atoms with Crippen LogP contribution in [0, 0.1) is 0 Å². The minimum absolute atomic E-state index is 0.0676. The van der Waals surface area contributed by atoms with E-state index in [-0.39, 0.29) is 23.0 Å². The van der Waals surface area contributed by atoms with Gasteiger partial charge in [-0.05, 0) is 62.1 Å². The molecule has 0 spiro atoms. The van der Waals surface area contributed by atoms with Gasteiger partial charge in [-0.2, -0.15) is 0 Å². The van der Waals surface area contributed by atoms with Gasteiger partial charge < -0.3 is 10.1 Å². The van der Waals surface area contributed by atoms with Crippen LogP contribution < -0.4 is 15.0 Å². The monoisotopic (exact) mass is 505 g/mol. The Morgan fingerprint density at radius 2 is 1.66 bits per heavy atom. The maximum atomic E-state index is 13.3. The van der Waals surface area contributed by atoms with Crippen LogP contribution in [0.1, 0.15) is 26.3 Å². The molecule has 10 heteroatoms. The first kappa shape index (κ1) is 26.1. The number of nitrogens with one attached hydrogen (secondary N) is 1. The molecule has 184 valence electrons. The number of alkyl halides is 3. The molecule has 0 fully saturated rings. The van der Waals surface area contributed by atoms with Gasteiger partial charge in [-0.15, -0.1) is 13.2 Å². The lowest BCUT2D eigenvalue weighted by Gasteiger charge is -2.26. The smallest absolute Gasteiger partial charge is 0.404 e. The molecule has 3 rings (SSSR count). The lowest BCUT2D eigenvalue weighted by atomic mass is 10.1. The number of amides is 2. The number of anilines is 1. The molecule has 0 aliphatic rings. The molecule has 3 aromatic rings. The van der Waals surface area contributed by atoms with E-state index < -0.39 is 18.0 Å². The molecule has 3 aromatic carbocycles. The fourth-order valence-electron chi connectivity index (χ4n) is 3.26. The van der Waals surface area contributed by atoms with Crippen molar-refractivity contribution in [2.75, 3.05) is 25.7 Å². The van der Waals surface area contributed by atoms with E-state index in [1.54, 1.807) is 29.2 Å². The van der Waals surface area contributed by atoms with Crippen LogP contribution in [0.3, 0.4) is 0 Å². The fraction of sp³-hybridized carbons (Fsp3) is 0.200. The molecule has 1 N–H and O–H groups in total. The summed E-state index contributed by atoms with van der Waals surface area (Å²) < 4.78 is 41.0. The summed E-state index contributed by atoms with van der Waals surface area (Å²) in [5.41, 5.74) is 1.93. The Labute approximate surface area is 205 Å². The van der Waals surface area contributed by atoms with E-state index in [1.165, 1.54) is 6.07 Å². The zero-order valence-corrected chi connectivity index (χ0v) is 19.7. The lowest BCUT2D eigenvalue weighted by Crippen LogP contribution is -2.38. The number of rotatable bonds is 8. The van der Waals surface area contributed by atoms with Gasteiger partial charge in [0.25, 0.3) is 11.8 Å². The van der Waals surface area contributed by atoms with Crippen molar-refractivity contribution in [1.82, 2.24) is 10.2 Å². The van der Waals surface area contributed by atoms with Gasteiger partial charge in [0.1, 0.15) is 5.75 Å². The predicted octanol–water partition coefficient (Wildman–Crippen LogP) is 5.33. The maximum Gasteiger partial charge on any atom is 0.573 e. The van der Waals surface area contributed by atoms with Crippen LogP contribution >= 0.6 is 11.6 Å². The van der Waals surface area contributed by atoms with E-state index in [9.17, 15) is 22.8 Å². The third kappa shape index (κ3) is 7.46. The third-order valence-electron chi connectivity index (χ3n) is 4.78. The molecule has 0 aliphatic heterocycles. The quantitative estimate of drug-likeness (QED) is 0.420. The summed E-state index contributed by atoms with van der Waals surface area (Å²) in [5, 5.41) is 2.33. The molecule has 0 aromatic heterocycles. The molecule has 35 heavy (non-hydrogen) atoms. The van der Waals surface area contributed by atoms with Crippen LogP contribution in [0.15, 0.2) is 72.8 Å². The van der Waals surface area contributed by atoms with Crippen LogP contribution in [0.25, 0.3) is 0 Å². The zero-order chi connectivity index (χ0) is 25.6.